The molecule has 3 aromatic rings. The molecule has 1 aromatic carbocycles. The number of nitrogens with one attached hydrogen (secondary N) is 2. The number of carboxylic acids is 1. The highest BCUT2D eigenvalue weighted by atomic mass is 19.4. The minimum atomic E-state index is -5.08. The molecule has 11 heteroatoms. The van der Waals surface area contributed by atoms with E-state index in [0.717, 1.165) is 73.0 Å². The maximum atomic E-state index is 12.0. The number of halogens is 3. The molecule has 38 heavy (non-hydrogen) atoms. The number of nitrogens with zero attached hydrogens (tertiary/aromatic N) is 2. The molecule has 0 atom stereocenters. The van der Waals surface area contributed by atoms with Crippen LogP contribution in [0.1, 0.15) is 32.9 Å². The van der Waals surface area contributed by atoms with Crippen molar-refractivity contribution in [2.75, 3.05) is 32.8 Å². The van der Waals surface area contributed by atoms with Gasteiger partial charge in [0, 0.05) is 55.7 Å². The van der Waals surface area contributed by atoms with Crippen LogP contribution in [0.25, 0.3) is 23.4 Å². The highest BCUT2D eigenvalue weighted by molar-refractivity contribution is 5.97. The van der Waals surface area contributed by atoms with Crippen LogP contribution >= 0.6 is 0 Å². The van der Waals surface area contributed by atoms with Crippen molar-refractivity contribution in [1.29, 1.82) is 0 Å². The molecular formula is C27H27F3N4O4. The van der Waals surface area contributed by atoms with Crippen molar-refractivity contribution in [3.63, 3.8) is 0 Å². The number of ether oxygens (including phenoxy) is 1. The summed E-state index contributed by atoms with van der Waals surface area (Å²) < 4.78 is 37.2. The lowest BCUT2D eigenvalue weighted by molar-refractivity contribution is -0.192. The number of benzene rings is 1. The number of aliphatic carboxylic acids is 1. The van der Waals surface area contributed by atoms with E-state index < -0.39 is 12.1 Å². The molecule has 0 spiro atoms. The van der Waals surface area contributed by atoms with Crippen LogP contribution < -0.4 is 5.32 Å². The van der Waals surface area contributed by atoms with Gasteiger partial charge in [0.2, 0.25) is 0 Å². The lowest BCUT2D eigenvalue weighted by atomic mass is 10.1. The highest BCUT2D eigenvalue weighted by Crippen LogP contribution is 2.24. The summed E-state index contributed by atoms with van der Waals surface area (Å²) in [6, 6.07) is 14.6. The van der Waals surface area contributed by atoms with Gasteiger partial charge >= 0.3 is 12.1 Å². The van der Waals surface area contributed by atoms with Gasteiger partial charge in [-0.1, -0.05) is 30.3 Å². The molecule has 8 nitrogen and oxygen atoms in total. The van der Waals surface area contributed by atoms with E-state index >= 15 is 0 Å². The number of carbonyl (C=O) groups excluding carboxylic acids is 1. The number of hydrogen-bond acceptors (Lipinski definition) is 5. The summed E-state index contributed by atoms with van der Waals surface area (Å²) in [6.07, 6.45) is 1.66. The fraction of sp³-hybridized carbons (Fsp3) is 0.296. The topological polar surface area (TPSA) is 108 Å². The van der Waals surface area contributed by atoms with Gasteiger partial charge in [0.25, 0.3) is 5.91 Å². The summed E-state index contributed by atoms with van der Waals surface area (Å²) in [4.78, 5) is 31.2. The van der Waals surface area contributed by atoms with Crippen LogP contribution in [0.2, 0.25) is 0 Å². The van der Waals surface area contributed by atoms with Crippen LogP contribution in [-0.2, 0) is 22.5 Å². The van der Waals surface area contributed by atoms with Gasteiger partial charge in [0.15, 0.2) is 0 Å². The molecular weight excluding hydrogens is 501 g/mol. The number of alkyl halides is 3. The first-order chi connectivity index (χ1) is 18.2. The van der Waals surface area contributed by atoms with Crippen LogP contribution in [0.15, 0.2) is 48.7 Å². The molecule has 0 bridgehead atoms. The average molecular weight is 529 g/mol. The van der Waals surface area contributed by atoms with Gasteiger partial charge in [-0.15, -0.1) is 0 Å². The van der Waals surface area contributed by atoms with Gasteiger partial charge in [0.05, 0.1) is 24.5 Å². The summed E-state index contributed by atoms with van der Waals surface area (Å²) in [6.45, 7) is 5.29. The number of rotatable bonds is 5. The predicted molar refractivity (Wildman–Crippen MR) is 135 cm³/mol. The van der Waals surface area contributed by atoms with Crippen molar-refractivity contribution in [3.8, 4) is 11.3 Å². The second kappa shape index (κ2) is 12.1. The quantitative estimate of drug-likeness (QED) is 0.462. The minimum Gasteiger partial charge on any atom is -0.475 e. The van der Waals surface area contributed by atoms with Crippen molar-refractivity contribution < 1.29 is 32.6 Å². The number of hydrogen-bond donors (Lipinski definition) is 3. The number of amides is 1. The zero-order chi connectivity index (χ0) is 27.1. The molecule has 4 heterocycles. The Morgan fingerprint density at radius 2 is 1.82 bits per heavy atom. The molecule has 1 fully saturated rings. The SMILES string of the molecule is O=C(O)C(F)(F)F.O=C1NCCc2[nH]c(-c3ccnc(C=Cc4ccc(CN5CCOCC5)cc4)c3)cc21. The normalized spacial score (nSPS) is 15.9. The second-order valence-electron chi connectivity index (χ2n) is 8.82. The Balaban J connectivity index is 0.000000426. The van der Waals surface area contributed by atoms with Gasteiger partial charge in [0.1, 0.15) is 0 Å². The van der Waals surface area contributed by atoms with E-state index in [1.807, 2.05) is 24.3 Å². The number of carbonyl (C=O) groups is 2. The van der Waals surface area contributed by atoms with Crippen molar-refractivity contribution in [1.82, 2.24) is 20.2 Å². The zero-order valence-corrected chi connectivity index (χ0v) is 20.4. The van der Waals surface area contributed by atoms with Crippen molar-refractivity contribution >= 4 is 24.0 Å². The minimum absolute atomic E-state index is 0.00464. The molecule has 0 unspecified atom stereocenters. The summed E-state index contributed by atoms with van der Waals surface area (Å²) in [5.74, 6) is -2.76. The molecule has 200 valence electrons. The monoisotopic (exact) mass is 528 g/mol. The first-order valence-electron chi connectivity index (χ1n) is 12.0. The molecule has 2 aromatic heterocycles. The fourth-order valence-corrected chi connectivity index (χ4v) is 4.09. The molecule has 2 aliphatic heterocycles. The zero-order valence-electron chi connectivity index (χ0n) is 20.4. The first-order valence-corrected chi connectivity index (χ1v) is 12.0. The lowest BCUT2D eigenvalue weighted by Gasteiger charge is -2.26. The van der Waals surface area contributed by atoms with Crippen LogP contribution in [0, 0.1) is 0 Å². The molecule has 3 N–H and O–H groups in total. The average Bonchev–Trinajstić information content (AvgIpc) is 3.35. The molecule has 5 rings (SSSR count). The van der Waals surface area contributed by atoms with Crippen LogP contribution in [-0.4, -0.2) is 70.9 Å². The van der Waals surface area contributed by atoms with Gasteiger partial charge in [-0.25, -0.2) is 4.79 Å². The standard InChI is InChI=1S/C25H26N4O2.C2HF3O2/c30-25-22-16-24(28-23(22)8-10-27-25)20-7-9-26-21(15-20)6-5-18-1-3-19(4-2-18)17-29-11-13-31-14-12-29;3-2(4,5)1(6)7/h1-7,9,15-16,28H,8,10-14,17H2,(H,27,30);(H,6,7). The number of carboxylic acid groups (broad SMARTS) is 1. The Morgan fingerprint density at radius 1 is 1.11 bits per heavy atom. The molecule has 0 saturated carbocycles. The van der Waals surface area contributed by atoms with E-state index in [4.69, 9.17) is 14.6 Å². The maximum absolute atomic E-state index is 12.0. The second-order valence-corrected chi connectivity index (χ2v) is 8.82. The Morgan fingerprint density at radius 3 is 2.47 bits per heavy atom. The van der Waals surface area contributed by atoms with Crippen molar-refractivity contribution in [2.45, 2.75) is 19.1 Å². The Hall–Kier alpha value is -3.96. The van der Waals surface area contributed by atoms with Crippen LogP contribution in [0.4, 0.5) is 13.2 Å². The van der Waals surface area contributed by atoms with Gasteiger partial charge in [-0.05, 0) is 35.4 Å². The summed E-state index contributed by atoms with van der Waals surface area (Å²) in [5, 5.41) is 10.0. The summed E-state index contributed by atoms with van der Waals surface area (Å²) >= 11 is 0. The third-order valence-electron chi connectivity index (χ3n) is 6.08. The van der Waals surface area contributed by atoms with E-state index in [9.17, 15) is 18.0 Å². The molecule has 2 aliphatic rings. The third-order valence-corrected chi connectivity index (χ3v) is 6.08. The largest absolute Gasteiger partial charge is 0.490 e. The van der Waals surface area contributed by atoms with Gasteiger partial charge in [-0.3, -0.25) is 14.7 Å². The lowest BCUT2D eigenvalue weighted by Crippen LogP contribution is -2.35. The number of aromatic amines is 1. The first kappa shape index (κ1) is 27.1. The van der Waals surface area contributed by atoms with Crippen LogP contribution in [0.3, 0.4) is 0 Å². The van der Waals surface area contributed by atoms with Crippen molar-refractivity contribution in [3.05, 3.63) is 76.7 Å². The Bertz CT molecular complexity index is 1300. The number of aromatic nitrogens is 2. The predicted octanol–water partition coefficient (Wildman–Crippen LogP) is 4.00. The highest BCUT2D eigenvalue weighted by Gasteiger charge is 2.38. The Labute approximate surface area is 217 Å². The summed E-state index contributed by atoms with van der Waals surface area (Å²) in [5.41, 5.74) is 7.07. The fourth-order valence-electron chi connectivity index (χ4n) is 4.09. The molecule has 1 saturated heterocycles. The number of H-pyrrole nitrogens is 1. The number of fused-ring (bicyclic) bond motifs is 1. The summed E-state index contributed by atoms with van der Waals surface area (Å²) in [7, 11) is 0. The number of morpholine rings is 1. The third kappa shape index (κ3) is 7.30. The van der Waals surface area contributed by atoms with Crippen LogP contribution in [0.5, 0.6) is 0 Å². The maximum Gasteiger partial charge on any atom is 0.490 e. The van der Waals surface area contributed by atoms with E-state index in [-0.39, 0.29) is 5.91 Å². The van der Waals surface area contributed by atoms with Gasteiger partial charge < -0.3 is 20.1 Å². The van der Waals surface area contributed by atoms with E-state index in [0.29, 0.717) is 6.54 Å². The van der Waals surface area contributed by atoms with E-state index in [2.05, 4.69) is 50.5 Å². The molecule has 1 amide bonds. The smallest absolute Gasteiger partial charge is 0.475 e. The van der Waals surface area contributed by atoms with Gasteiger partial charge in [-0.2, -0.15) is 13.2 Å². The Kier molecular flexibility index (Phi) is 8.59. The van der Waals surface area contributed by atoms with Crippen molar-refractivity contribution in [2.24, 2.45) is 0 Å². The molecule has 0 aliphatic carbocycles. The molecule has 0 radical (unpaired) electrons. The van der Waals surface area contributed by atoms with E-state index in [1.165, 1.54) is 5.56 Å². The number of pyridine rings is 1. The van der Waals surface area contributed by atoms with E-state index in [1.54, 1.807) is 6.20 Å².